The number of nitrogens with two attached hydrogens (primary N) is 1. The Morgan fingerprint density at radius 1 is 1.53 bits per heavy atom. The molecule has 0 unspecified atom stereocenters. The van der Waals surface area contributed by atoms with Crippen LogP contribution in [0.4, 0.5) is 5.82 Å². The van der Waals surface area contributed by atoms with Crippen LogP contribution < -0.4 is 15.4 Å². The predicted octanol–water partition coefficient (Wildman–Crippen LogP) is 2.62. The van der Waals surface area contributed by atoms with E-state index in [1.54, 1.807) is 6.20 Å². The number of pyridine rings is 1. The molecule has 0 aliphatic carbocycles. The molecule has 0 aliphatic heterocycles. The van der Waals surface area contributed by atoms with Gasteiger partial charge in [0.25, 0.3) is 0 Å². The van der Waals surface area contributed by atoms with Crippen molar-refractivity contribution in [3.05, 3.63) is 18.3 Å². The first kappa shape index (κ1) is 15.7. The van der Waals surface area contributed by atoms with E-state index in [1.165, 1.54) is 0 Å². The summed E-state index contributed by atoms with van der Waals surface area (Å²) < 4.78 is 5.64. The van der Waals surface area contributed by atoms with E-state index in [9.17, 15) is 0 Å². The Morgan fingerprint density at radius 2 is 2.26 bits per heavy atom. The van der Waals surface area contributed by atoms with Crippen molar-refractivity contribution in [3.8, 4) is 5.75 Å². The highest BCUT2D eigenvalue weighted by Crippen LogP contribution is 2.26. The zero-order valence-electron chi connectivity index (χ0n) is 11.9. The van der Waals surface area contributed by atoms with Crippen molar-refractivity contribution in [2.75, 3.05) is 24.6 Å². The highest BCUT2D eigenvalue weighted by atomic mass is 32.1. The Bertz CT molecular complexity index is 409. The van der Waals surface area contributed by atoms with Crippen LogP contribution in [0.25, 0.3) is 0 Å². The smallest absolute Gasteiger partial charge is 0.171 e. The van der Waals surface area contributed by atoms with Gasteiger partial charge in [-0.3, -0.25) is 0 Å². The van der Waals surface area contributed by atoms with Gasteiger partial charge in [0, 0.05) is 25.7 Å². The number of hydrogen-bond donors (Lipinski definition) is 1. The topological polar surface area (TPSA) is 51.4 Å². The molecule has 106 valence electrons. The number of ether oxygens (including phenoxy) is 1. The molecule has 1 rings (SSSR count). The van der Waals surface area contributed by atoms with Gasteiger partial charge in [0.15, 0.2) is 11.6 Å². The van der Waals surface area contributed by atoms with Crippen molar-refractivity contribution < 1.29 is 4.74 Å². The number of anilines is 1. The fourth-order valence-corrected chi connectivity index (χ4v) is 1.95. The summed E-state index contributed by atoms with van der Waals surface area (Å²) in [5, 5.41) is 0. The van der Waals surface area contributed by atoms with E-state index in [0.717, 1.165) is 24.7 Å². The normalized spacial score (nSPS) is 10.5. The fraction of sp³-hybridized carbons (Fsp3) is 0.571. The highest BCUT2D eigenvalue weighted by molar-refractivity contribution is 7.80. The largest absolute Gasteiger partial charge is 0.490 e. The van der Waals surface area contributed by atoms with E-state index >= 15 is 0 Å². The number of rotatable bonds is 8. The average molecular weight is 281 g/mol. The van der Waals surface area contributed by atoms with Gasteiger partial charge >= 0.3 is 0 Å². The predicted molar refractivity (Wildman–Crippen MR) is 83.9 cm³/mol. The molecule has 0 atom stereocenters. The Balaban J connectivity index is 2.91. The third kappa shape index (κ3) is 5.42. The third-order valence-corrected chi connectivity index (χ3v) is 2.77. The summed E-state index contributed by atoms with van der Waals surface area (Å²) >= 11 is 4.96. The summed E-state index contributed by atoms with van der Waals surface area (Å²) in [7, 11) is 0. The van der Waals surface area contributed by atoms with Crippen molar-refractivity contribution in [3.63, 3.8) is 0 Å². The molecule has 0 saturated heterocycles. The zero-order chi connectivity index (χ0) is 14.3. The van der Waals surface area contributed by atoms with Crippen LogP contribution in [0, 0.1) is 5.92 Å². The summed E-state index contributed by atoms with van der Waals surface area (Å²) in [6, 6.07) is 3.83. The molecule has 5 heteroatoms. The zero-order valence-corrected chi connectivity index (χ0v) is 12.7. The third-order valence-electron chi connectivity index (χ3n) is 2.56. The lowest BCUT2D eigenvalue weighted by molar-refractivity contribution is 0.338. The van der Waals surface area contributed by atoms with Crippen LogP contribution in [0.15, 0.2) is 18.3 Å². The standard InChI is InChI=1S/C14H23N3OS/c1-4-18-12-6-5-8-16-14(12)17(10-11(2)3)9-7-13(15)19/h5-6,8,11H,4,7,9-10H2,1-3H3,(H2,15,19). The van der Waals surface area contributed by atoms with Gasteiger partial charge in [0.2, 0.25) is 0 Å². The van der Waals surface area contributed by atoms with Gasteiger partial charge in [0.1, 0.15) is 0 Å². The summed E-state index contributed by atoms with van der Waals surface area (Å²) in [4.78, 5) is 7.17. The molecule has 0 fully saturated rings. The van der Waals surface area contributed by atoms with Crippen LogP contribution in [-0.4, -0.2) is 29.7 Å². The number of aromatic nitrogens is 1. The molecule has 0 aromatic carbocycles. The summed E-state index contributed by atoms with van der Waals surface area (Å²) in [5.74, 6) is 2.21. The molecule has 0 bridgehead atoms. The molecule has 0 radical (unpaired) electrons. The van der Waals surface area contributed by atoms with Gasteiger partial charge < -0.3 is 15.4 Å². The fourth-order valence-electron chi connectivity index (χ4n) is 1.86. The number of nitrogens with zero attached hydrogens (tertiary/aromatic N) is 2. The Labute approximate surface area is 121 Å². The summed E-state index contributed by atoms with van der Waals surface area (Å²) in [5.41, 5.74) is 5.60. The Morgan fingerprint density at radius 3 is 2.84 bits per heavy atom. The lowest BCUT2D eigenvalue weighted by atomic mass is 10.2. The lowest BCUT2D eigenvalue weighted by Crippen LogP contribution is -2.32. The summed E-state index contributed by atoms with van der Waals surface area (Å²) in [6.07, 6.45) is 2.47. The molecule has 1 heterocycles. The average Bonchev–Trinajstić information content (AvgIpc) is 2.35. The molecule has 2 N–H and O–H groups in total. The first-order chi connectivity index (χ1) is 9.04. The van der Waals surface area contributed by atoms with Crippen molar-refractivity contribution in [1.82, 2.24) is 4.98 Å². The Kier molecular flexibility index (Phi) is 6.56. The molecular weight excluding hydrogens is 258 g/mol. The van der Waals surface area contributed by atoms with Crippen LogP contribution in [0.3, 0.4) is 0 Å². The first-order valence-electron chi connectivity index (χ1n) is 6.65. The van der Waals surface area contributed by atoms with Gasteiger partial charge in [-0.05, 0) is 25.0 Å². The maximum Gasteiger partial charge on any atom is 0.171 e. The van der Waals surface area contributed by atoms with E-state index in [2.05, 4.69) is 23.7 Å². The molecule has 1 aromatic heterocycles. The Hall–Kier alpha value is -1.36. The molecule has 0 spiro atoms. The SMILES string of the molecule is CCOc1cccnc1N(CCC(N)=S)CC(C)C. The lowest BCUT2D eigenvalue weighted by Gasteiger charge is -2.27. The minimum atomic E-state index is 0.530. The van der Waals surface area contributed by atoms with Crippen molar-refractivity contribution in [1.29, 1.82) is 0 Å². The molecule has 4 nitrogen and oxygen atoms in total. The minimum absolute atomic E-state index is 0.530. The maximum absolute atomic E-state index is 5.64. The molecular formula is C14H23N3OS. The number of hydrogen-bond acceptors (Lipinski definition) is 4. The first-order valence-corrected chi connectivity index (χ1v) is 7.06. The van der Waals surface area contributed by atoms with Crippen LogP contribution in [-0.2, 0) is 0 Å². The van der Waals surface area contributed by atoms with Gasteiger partial charge in [0.05, 0.1) is 11.6 Å². The monoisotopic (exact) mass is 281 g/mol. The molecule has 0 saturated carbocycles. The van der Waals surface area contributed by atoms with E-state index in [0.29, 0.717) is 23.9 Å². The van der Waals surface area contributed by atoms with Crippen LogP contribution >= 0.6 is 12.2 Å². The number of thiocarbonyl (C=S) groups is 1. The van der Waals surface area contributed by atoms with Gasteiger partial charge in [-0.2, -0.15) is 0 Å². The van der Waals surface area contributed by atoms with E-state index in [4.69, 9.17) is 22.7 Å². The molecule has 0 amide bonds. The van der Waals surface area contributed by atoms with Crippen LogP contribution in [0.1, 0.15) is 27.2 Å². The second kappa shape index (κ2) is 7.94. The van der Waals surface area contributed by atoms with Gasteiger partial charge in [-0.15, -0.1) is 0 Å². The molecule has 19 heavy (non-hydrogen) atoms. The van der Waals surface area contributed by atoms with Crippen LogP contribution in [0.2, 0.25) is 0 Å². The second-order valence-corrected chi connectivity index (χ2v) is 5.34. The van der Waals surface area contributed by atoms with E-state index in [1.807, 2.05) is 19.1 Å². The second-order valence-electron chi connectivity index (χ2n) is 4.81. The van der Waals surface area contributed by atoms with E-state index in [-0.39, 0.29) is 0 Å². The van der Waals surface area contributed by atoms with Gasteiger partial charge in [-0.1, -0.05) is 26.1 Å². The minimum Gasteiger partial charge on any atom is -0.490 e. The maximum atomic E-state index is 5.64. The molecule has 0 aliphatic rings. The van der Waals surface area contributed by atoms with Gasteiger partial charge in [-0.25, -0.2) is 4.98 Å². The molecule has 1 aromatic rings. The van der Waals surface area contributed by atoms with Crippen molar-refractivity contribution in [2.45, 2.75) is 27.2 Å². The van der Waals surface area contributed by atoms with E-state index < -0.39 is 0 Å². The quantitative estimate of drug-likeness (QED) is 0.742. The van der Waals surface area contributed by atoms with Crippen molar-refractivity contribution in [2.24, 2.45) is 11.7 Å². The highest BCUT2D eigenvalue weighted by Gasteiger charge is 2.15. The van der Waals surface area contributed by atoms with Crippen molar-refractivity contribution >= 4 is 23.0 Å². The summed E-state index contributed by atoms with van der Waals surface area (Å²) in [6.45, 7) is 8.63. The van der Waals surface area contributed by atoms with Crippen LogP contribution in [0.5, 0.6) is 5.75 Å².